The fourth-order valence-corrected chi connectivity index (χ4v) is 7.49. The molecule has 2 bridgehead atoms. The number of carbonyl (C=O) groups is 2. The molecule has 2 saturated heterocycles. The van der Waals surface area contributed by atoms with Crippen molar-refractivity contribution in [3.05, 3.63) is 71.8 Å². The van der Waals surface area contributed by atoms with E-state index in [-0.39, 0.29) is 58.6 Å². The van der Waals surface area contributed by atoms with Crippen molar-refractivity contribution in [1.82, 2.24) is 0 Å². The number of hydrogen-bond acceptors (Lipinski definition) is 5. The molecular formula is C32H40O5. The minimum atomic E-state index is -0.589. The molecule has 1 saturated carbocycles. The average Bonchev–Trinajstić information content (AvgIpc) is 3.46. The Kier molecular flexibility index (Phi) is 6.72. The van der Waals surface area contributed by atoms with Crippen LogP contribution in [0, 0.1) is 34.5 Å². The van der Waals surface area contributed by atoms with E-state index in [0.717, 1.165) is 12.8 Å². The lowest BCUT2D eigenvalue weighted by atomic mass is 9.50. The van der Waals surface area contributed by atoms with Gasteiger partial charge in [-0.1, -0.05) is 77.9 Å². The Labute approximate surface area is 220 Å². The van der Waals surface area contributed by atoms with E-state index >= 15 is 0 Å². The van der Waals surface area contributed by atoms with Crippen molar-refractivity contribution in [3.63, 3.8) is 0 Å². The maximum atomic E-state index is 13.5. The van der Waals surface area contributed by atoms with Crippen LogP contribution in [-0.2, 0) is 14.2 Å². The molecule has 0 radical (unpaired) electrons. The standard InChI is InChI=1S/C32H40O5/c1-31(2,3)25-23-21-17-18-22(35-21)24(23)26(32(4,5)6)28(37-30(34)20-15-11-8-12-16-20)27(25)36-29(33)19-13-9-7-10-14-19/h7-16,21-28H,17-18H2,1-6H3. The molecule has 2 heterocycles. The highest BCUT2D eigenvalue weighted by Crippen LogP contribution is 2.62. The molecule has 3 fully saturated rings. The lowest BCUT2D eigenvalue weighted by Crippen LogP contribution is -2.63. The van der Waals surface area contributed by atoms with E-state index in [4.69, 9.17) is 14.2 Å². The summed E-state index contributed by atoms with van der Waals surface area (Å²) in [4.78, 5) is 27.0. The summed E-state index contributed by atoms with van der Waals surface area (Å²) in [6.07, 6.45) is 1.18. The molecule has 198 valence electrons. The van der Waals surface area contributed by atoms with E-state index in [1.54, 1.807) is 24.3 Å². The van der Waals surface area contributed by atoms with Gasteiger partial charge in [0.05, 0.1) is 23.3 Å². The van der Waals surface area contributed by atoms with Gasteiger partial charge in [-0.15, -0.1) is 0 Å². The summed E-state index contributed by atoms with van der Waals surface area (Å²) in [6, 6.07) is 18.2. The number of fused-ring (bicyclic) bond motifs is 5. The Balaban J connectivity index is 1.61. The first-order valence-electron chi connectivity index (χ1n) is 13.6. The first kappa shape index (κ1) is 26.0. The van der Waals surface area contributed by atoms with Crippen LogP contribution in [0.1, 0.15) is 75.1 Å². The van der Waals surface area contributed by atoms with Crippen LogP contribution in [0.25, 0.3) is 0 Å². The van der Waals surface area contributed by atoms with Crippen LogP contribution < -0.4 is 0 Å². The SMILES string of the molecule is CC(C)(C)C1C(OC(=O)c2ccccc2)C(OC(=O)c2ccccc2)C(C(C)(C)C)C2C3CCC(O3)C21. The van der Waals surface area contributed by atoms with Gasteiger partial charge in [-0.25, -0.2) is 9.59 Å². The number of rotatable bonds is 4. The summed E-state index contributed by atoms with van der Waals surface area (Å²) in [5, 5.41) is 0. The molecular weight excluding hydrogens is 464 g/mol. The lowest BCUT2D eigenvalue weighted by molar-refractivity contribution is -0.181. The predicted octanol–water partition coefficient (Wildman–Crippen LogP) is 6.57. The van der Waals surface area contributed by atoms with Crippen molar-refractivity contribution in [2.24, 2.45) is 34.5 Å². The molecule has 0 spiro atoms. The highest BCUT2D eigenvalue weighted by atomic mass is 16.6. The summed E-state index contributed by atoms with van der Waals surface area (Å²) >= 11 is 0. The third kappa shape index (κ3) is 4.83. The average molecular weight is 505 g/mol. The number of carbonyl (C=O) groups excluding carboxylic acids is 2. The monoisotopic (exact) mass is 504 g/mol. The van der Waals surface area contributed by atoms with Crippen LogP contribution in [0.4, 0.5) is 0 Å². The third-order valence-electron chi connectivity index (χ3n) is 8.75. The first-order valence-corrected chi connectivity index (χ1v) is 13.6. The van der Waals surface area contributed by atoms with Crippen LogP contribution in [-0.4, -0.2) is 36.4 Å². The Hall–Kier alpha value is -2.66. The number of esters is 2. The summed E-state index contributed by atoms with van der Waals surface area (Å²) in [5.74, 6) is -0.321. The van der Waals surface area contributed by atoms with Gasteiger partial charge in [0.25, 0.3) is 0 Å². The van der Waals surface area contributed by atoms with E-state index in [9.17, 15) is 9.59 Å². The van der Waals surface area contributed by atoms with E-state index in [0.29, 0.717) is 11.1 Å². The molecule has 1 aliphatic carbocycles. The zero-order valence-electron chi connectivity index (χ0n) is 22.8. The van der Waals surface area contributed by atoms with Crippen LogP contribution in [0.15, 0.2) is 60.7 Å². The largest absolute Gasteiger partial charge is 0.454 e. The van der Waals surface area contributed by atoms with E-state index in [1.807, 2.05) is 36.4 Å². The Morgan fingerprint density at radius 1 is 0.649 bits per heavy atom. The maximum Gasteiger partial charge on any atom is 0.338 e. The molecule has 8 unspecified atom stereocenters. The fraction of sp³-hybridized carbons (Fsp3) is 0.562. The number of hydrogen-bond donors (Lipinski definition) is 0. The molecule has 0 N–H and O–H groups in total. The Bertz CT molecular complexity index is 1020. The van der Waals surface area contributed by atoms with Crippen LogP contribution >= 0.6 is 0 Å². The zero-order chi connectivity index (χ0) is 26.5. The predicted molar refractivity (Wildman–Crippen MR) is 142 cm³/mol. The van der Waals surface area contributed by atoms with Gasteiger partial charge in [0.1, 0.15) is 12.2 Å². The normalized spacial score (nSPS) is 33.0. The van der Waals surface area contributed by atoms with Crippen LogP contribution in [0.3, 0.4) is 0 Å². The molecule has 2 aromatic rings. The van der Waals surface area contributed by atoms with Gasteiger partial charge in [-0.2, -0.15) is 0 Å². The van der Waals surface area contributed by atoms with E-state index in [2.05, 4.69) is 41.5 Å². The van der Waals surface area contributed by atoms with Crippen molar-refractivity contribution < 1.29 is 23.8 Å². The molecule has 3 aliphatic rings. The van der Waals surface area contributed by atoms with Gasteiger partial charge in [0.2, 0.25) is 0 Å². The van der Waals surface area contributed by atoms with Gasteiger partial charge in [0.15, 0.2) is 0 Å². The van der Waals surface area contributed by atoms with Crippen molar-refractivity contribution in [1.29, 1.82) is 0 Å². The van der Waals surface area contributed by atoms with Crippen molar-refractivity contribution >= 4 is 11.9 Å². The first-order chi connectivity index (χ1) is 17.5. The molecule has 2 aliphatic heterocycles. The molecule has 5 nitrogen and oxygen atoms in total. The minimum absolute atomic E-state index is 0.0207. The Morgan fingerprint density at radius 3 is 1.32 bits per heavy atom. The second-order valence-corrected chi connectivity index (χ2v) is 13.2. The second-order valence-electron chi connectivity index (χ2n) is 13.2. The van der Waals surface area contributed by atoms with Gasteiger partial charge in [-0.05, 0) is 59.8 Å². The van der Waals surface area contributed by atoms with Crippen LogP contribution in [0.5, 0.6) is 0 Å². The second kappa shape index (κ2) is 9.58. The van der Waals surface area contributed by atoms with Gasteiger partial charge in [0, 0.05) is 11.8 Å². The molecule has 0 amide bonds. The minimum Gasteiger partial charge on any atom is -0.454 e. The van der Waals surface area contributed by atoms with Gasteiger partial charge in [-0.3, -0.25) is 0 Å². The molecule has 37 heavy (non-hydrogen) atoms. The number of ether oxygens (including phenoxy) is 3. The summed E-state index contributed by atoms with van der Waals surface area (Å²) in [6.45, 7) is 13.2. The molecule has 8 atom stereocenters. The van der Waals surface area contributed by atoms with E-state index in [1.165, 1.54) is 0 Å². The smallest absolute Gasteiger partial charge is 0.338 e. The fourth-order valence-electron chi connectivity index (χ4n) is 7.49. The molecule has 5 heteroatoms. The maximum absolute atomic E-state index is 13.5. The van der Waals surface area contributed by atoms with E-state index < -0.39 is 12.2 Å². The molecule has 2 aromatic carbocycles. The molecule has 0 aromatic heterocycles. The topological polar surface area (TPSA) is 61.8 Å². The third-order valence-corrected chi connectivity index (χ3v) is 8.75. The quantitative estimate of drug-likeness (QED) is 0.441. The van der Waals surface area contributed by atoms with Crippen molar-refractivity contribution in [2.75, 3.05) is 0 Å². The van der Waals surface area contributed by atoms with Crippen molar-refractivity contribution in [3.8, 4) is 0 Å². The lowest BCUT2D eigenvalue weighted by Gasteiger charge is -2.57. The highest BCUT2D eigenvalue weighted by molar-refractivity contribution is 5.90. The van der Waals surface area contributed by atoms with Gasteiger partial charge >= 0.3 is 11.9 Å². The summed E-state index contributed by atoms with van der Waals surface area (Å²) in [7, 11) is 0. The summed E-state index contributed by atoms with van der Waals surface area (Å²) in [5.41, 5.74) is 0.612. The van der Waals surface area contributed by atoms with Crippen LogP contribution in [0.2, 0.25) is 0 Å². The number of benzene rings is 2. The molecule has 5 rings (SSSR count). The Morgan fingerprint density at radius 2 is 1.00 bits per heavy atom. The summed E-state index contributed by atoms with van der Waals surface area (Å²) < 4.78 is 19.4. The van der Waals surface area contributed by atoms with Crippen molar-refractivity contribution in [2.45, 2.75) is 78.8 Å². The zero-order valence-corrected chi connectivity index (χ0v) is 22.8. The van der Waals surface area contributed by atoms with Gasteiger partial charge < -0.3 is 14.2 Å². The highest BCUT2D eigenvalue weighted by Gasteiger charge is 2.67.